The molecule has 17 aromatic rings. The topological polar surface area (TPSA) is 42.6 Å². The Morgan fingerprint density at radius 3 is 0.933 bits per heavy atom. The molecule has 0 saturated heterocycles. The van der Waals surface area contributed by atoms with E-state index < -0.39 is 0 Å². The number of nitrogens with zero attached hydrogens (tertiary/aromatic N) is 4. The monoisotopic (exact) mass is 1150 g/mol. The van der Waals surface area contributed by atoms with E-state index >= 15 is 0 Å². The summed E-state index contributed by atoms with van der Waals surface area (Å²) in [6.07, 6.45) is 0. The molecule has 6 nitrogen and oxygen atoms in total. The summed E-state index contributed by atoms with van der Waals surface area (Å²) in [5.41, 5.74) is 19.9. The second-order valence-electron chi connectivity index (χ2n) is 21.7. The smallest absolute Gasteiger partial charge is 0.143 e. The SMILES string of the molecule is CC.CC.Cc1ccccc1.c1ccc(N(c2ccccc2)c2ccc3c(c2)c2ccccc2n3-c2ccc3oc4c(-c5cccc6c5oc5ccc(-n7c8ccccc8c8cc(N(c9ccccc9)c9ccccc9)ccc87)cc56)cccc4c3c2)cc1. The molecule has 0 aliphatic heterocycles. The molecular weight excluding hydrogens is 1080 g/mol. The van der Waals surface area contributed by atoms with Gasteiger partial charge in [-0.3, -0.25) is 0 Å². The minimum Gasteiger partial charge on any atom is -0.455 e. The number of furan rings is 2. The molecule has 0 fully saturated rings. The largest absolute Gasteiger partial charge is 0.455 e. The van der Waals surface area contributed by atoms with Crippen LogP contribution in [0.5, 0.6) is 0 Å². The summed E-state index contributed by atoms with van der Waals surface area (Å²) in [7, 11) is 0. The zero-order valence-electron chi connectivity index (χ0n) is 50.6. The molecule has 4 heterocycles. The van der Waals surface area contributed by atoms with Crippen molar-refractivity contribution in [3.63, 3.8) is 0 Å². The standard InChI is InChI=1S/C72H46N4O2.C7H8.2C2H6/c1-5-19-47(20-6-1)73(48-21-7-2-8-22-48)51-35-39-67-61(43-51)55-27-13-15-33-65(55)75(67)53-37-41-69-63(45-53)59-31-17-29-57(71(59)77-69)58-30-18-32-60-64-46-54(38-42-70(64)78-72(58)60)76-66-34-16-14-28-56(66)62-44-52(36-40-68(62)76)74(49-23-9-3-10-24-49)50-25-11-4-12-26-50;1-7-5-3-2-4-6-7;2*1-2/h1-46H;2-6H,1H3;2*1-2H3. The lowest BCUT2D eigenvalue weighted by molar-refractivity contribution is 0.665. The molecule has 17 rings (SSSR count). The second-order valence-corrected chi connectivity index (χ2v) is 21.7. The maximum Gasteiger partial charge on any atom is 0.143 e. The van der Waals surface area contributed by atoms with Crippen LogP contribution in [0.25, 0.3) is 110 Å². The molecule has 6 heteroatoms. The molecule has 13 aromatic carbocycles. The van der Waals surface area contributed by atoms with Crippen LogP contribution in [-0.4, -0.2) is 9.13 Å². The van der Waals surface area contributed by atoms with Gasteiger partial charge in [0, 0.05) is 99.7 Å². The first kappa shape index (κ1) is 55.5. The molecule has 0 unspecified atom stereocenters. The third-order valence-electron chi connectivity index (χ3n) is 16.6. The molecule has 430 valence electrons. The van der Waals surface area contributed by atoms with Gasteiger partial charge in [0.1, 0.15) is 22.3 Å². The van der Waals surface area contributed by atoms with E-state index in [0.717, 1.165) is 123 Å². The first-order chi connectivity index (χ1) is 44.1. The third-order valence-corrected chi connectivity index (χ3v) is 16.6. The van der Waals surface area contributed by atoms with Gasteiger partial charge in [0.2, 0.25) is 0 Å². The van der Waals surface area contributed by atoms with Crippen LogP contribution in [0.1, 0.15) is 33.3 Å². The van der Waals surface area contributed by atoms with Crippen LogP contribution >= 0.6 is 0 Å². The molecular formula is C83H66N4O2. The number of aryl methyl sites for hydroxylation is 1. The van der Waals surface area contributed by atoms with E-state index in [1.807, 2.05) is 45.9 Å². The number of benzene rings is 13. The Labute approximate surface area is 518 Å². The molecule has 0 amide bonds. The fraction of sp³-hybridized carbons (Fsp3) is 0.0602. The van der Waals surface area contributed by atoms with Gasteiger partial charge in [0.25, 0.3) is 0 Å². The highest BCUT2D eigenvalue weighted by molar-refractivity contribution is 6.17. The summed E-state index contributed by atoms with van der Waals surface area (Å²) in [6.45, 7) is 10.1. The van der Waals surface area contributed by atoms with Crippen molar-refractivity contribution in [3.8, 4) is 22.5 Å². The van der Waals surface area contributed by atoms with Gasteiger partial charge in [-0.05, 0) is 140 Å². The molecule has 0 aliphatic rings. The molecule has 0 saturated carbocycles. The van der Waals surface area contributed by atoms with E-state index in [0.29, 0.717) is 0 Å². The first-order valence-corrected chi connectivity index (χ1v) is 30.9. The predicted octanol–water partition coefficient (Wildman–Crippen LogP) is 24.3. The number of aromatic nitrogens is 2. The highest BCUT2D eigenvalue weighted by Crippen LogP contribution is 2.46. The molecule has 0 N–H and O–H groups in total. The number of para-hydroxylation sites is 8. The molecule has 0 radical (unpaired) electrons. The molecule has 89 heavy (non-hydrogen) atoms. The van der Waals surface area contributed by atoms with Gasteiger partial charge in [-0.15, -0.1) is 0 Å². The Hall–Kier alpha value is -11.3. The lowest BCUT2D eigenvalue weighted by Gasteiger charge is -2.25. The zero-order valence-corrected chi connectivity index (χ0v) is 50.6. The Kier molecular flexibility index (Phi) is 15.1. The predicted molar refractivity (Wildman–Crippen MR) is 378 cm³/mol. The Balaban J connectivity index is 0.000000582. The fourth-order valence-electron chi connectivity index (χ4n) is 12.8. The van der Waals surface area contributed by atoms with Gasteiger partial charge in [-0.2, -0.15) is 0 Å². The maximum absolute atomic E-state index is 6.89. The van der Waals surface area contributed by atoms with E-state index in [4.69, 9.17) is 8.83 Å². The van der Waals surface area contributed by atoms with E-state index in [1.165, 1.54) is 27.1 Å². The lowest BCUT2D eigenvalue weighted by Crippen LogP contribution is -2.09. The normalized spacial score (nSPS) is 11.2. The molecule has 0 bridgehead atoms. The summed E-state index contributed by atoms with van der Waals surface area (Å²) in [5.74, 6) is 0. The summed E-state index contributed by atoms with van der Waals surface area (Å²) in [5, 5.41) is 8.97. The van der Waals surface area contributed by atoms with E-state index in [1.54, 1.807) is 0 Å². The van der Waals surface area contributed by atoms with Gasteiger partial charge in [0.15, 0.2) is 0 Å². The number of rotatable bonds is 9. The van der Waals surface area contributed by atoms with Crippen LogP contribution in [0.4, 0.5) is 34.1 Å². The molecule has 0 spiro atoms. The summed E-state index contributed by atoms with van der Waals surface area (Å²) >= 11 is 0. The maximum atomic E-state index is 6.89. The number of hydrogen-bond acceptors (Lipinski definition) is 4. The summed E-state index contributed by atoms with van der Waals surface area (Å²) in [6, 6.07) is 110. The van der Waals surface area contributed by atoms with Crippen molar-refractivity contribution in [1.29, 1.82) is 0 Å². The molecule has 0 aliphatic carbocycles. The minimum absolute atomic E-state index is 0.829. The number of fused-ring (bicyclic) bond motifs is 12. The molecule has 0 atom stereocenters. The second kappa shape index (κ2) is 24.2. The van der Waals surface area contributed by atoms with Crippen LogP contribution in [0.3, 0.4) is 0 Å². The average Bonchev–Trinajstić information content (AvgIpc) is 1.64. The van der Waals surface area contributed by atoms with Crippen LogP contribution in [0.15, 0.2) is 318 Å². The fourth-order valence-corrected chi connectivity index (χ4v) is 12.8. The van der Waals surface area contributed by atoms with Crippen LogP contribution < -0.4 is 9.80 Å². The van der Waals surface area contributed by atoms with Crippen LogP contribution in [0.2, 0.25) is 0 Å². The van der Waals surface area contributed by atoms with Gasteiger partial charge in [-0.25, -0.2) is 0 Å². The highest BCUT2D eigenvalue weighted by atomic mass is 16.3. The van der Waals surface area contributed by atoms with E-state index in [9.17, 15) is 0 Å². The van der Waals surface area contributed by atoms with Gasteiger partial charge in [0.05, 0.1) is 22.1 Å². The van der Waals surface area contributed by atoms with Crippen molar-refractivity contribution in [2.45, 2.75) is 34.6 Å². The van der Waals surface area contributed by atoms with Crippen molar-refractivity contribution in [1.82, 2.24) is 9.13 Å². The Morgan fingerprint density at radius 1 is 0.247 bits per heavy atom. The zero-order chi connectivity index (χ0) is 60.4. The minimum atomic E-state index is 0.829. The van der Waals surface area contributed by atoms with Crippen molar-refractivity contribution in [2.24, 2.45) is 0 Å². The lowest BCUT2D eigenvalue weighted by atomic mass is 10.00. The van der Waals surface area contributed by atoms with Crippen LogP contribution in [-0.2, 0) is 0 Å². The third kappa shape index (κ3) is 10.0. The van der Waals surface area contributed by atoms with Crippen molar-refractivity contribution in [3.05, 3.63) is 315 Å². The Morgan fingerprint density at radius 2 is 0.573 bits per heavy atom. The van der Waals surface area contributed by atoms with Gasteiger partial charge in [-0.1, -0.05) is 209 Å². The van der Waals surface area contributed by atoms with Crippen molar-refractivity contribution >= 4 is 122 Å². The highest BCUT2D eigenvalue weighted by Gasteiger charge is 2.23. The average molecular weight is 1150 g/mol. The number of hydrogen-bond donors (Lipinski definition) is 0. The summed E-state index contributed by atoms with van der Waals surface area (Å²) in [4.78, 5) is 4.65. The first-order valence-electron chi connectivity index (χ1n) is 30.9. The van der Waals surface area contributed by atoms with Gasteiger partial charge < -0.3 is 27.8 Å². The van der Waals surface area contributed by atoms with Crippen molar-refractivity contribution < 1.29 is 8.83 Å². The van der Waals surface area contributed by atoms with E-state index in [2.05, 4.69) is 317 Å². The quantitative estimate of drug-likeness (QED) is 0.144. The molecule has 4 aromatic heterocycles. The Bertz CT molecular complexity index is 4920. The van der Waals surface area contributed by atoms with Crippen LogP contribution in [0, 0.1) is 6.92 Å². The van der Waals surface area contributed by atoms with E-state index in [-0.39, 0.29) is 0 Å². The summed E-state index contributed by atoms with van der Waals surface area (Å²) < 4.78 is 18.6. The van der Waals surface area contributed by atoms with Crippen molar-refractivity contribution in [2.75, 3.05) is 9.80 Å². The number of anilines is 6. The van der Waals surface area contributed by atoms with Gasteiger partial charge >= 0.3 is 0 Å².